The van der Waals surface area contributed by atoms with Gasteiger partial charge in [0.15, 0.2) is 6.10 Å². The number of rotatable bonds is 4. The summed E-state index contributed by atoms with van der Waals surface area (Å²) in [5, 5.41) is 0. The Kier molecular flexibility index (Phi) is 5.00. The normalized spacial score (nSPS) is 11.7. The van der Waals surface area contributed by atoms with Gasteiger partial charge in [0.2, 0.25) is 0 Å². The predicted molar refractivity (Wildman–Crippen MR) is 80.3 cm³/mol. The van der Waals surface area contributed by atoms with Crippen LogP contribution in [0.4, 0.5) is 4.39 Å². The third-order valence-corrected chi connectivity index (χ3v) is 3.08. The molecule has 122 valence electrons. The number of amides is 2. The van der Waals surface area contributed by atoms with Crippen LogP contribution in [0.2, 0.25) is 0 Å². The van der Waals surface area contributed by atoms with E-state index < -0.39 is 23.7 Å². The summed E-state index contributed by atoms with van der Waals surface area (Å²) in [6.45, 7) is 4.89. The number of carbonyl (C=O) groups is 2. The quantitative estimate of drug-likeness (QED) is 0.847. The summed E-state index contributed by atoms with van der Waals surface area (Å²) in [5.74, 6) is -0.00625. The van der Waals surface area contributed by atoms with Crippen LogP contribution in [0.5, 0.6) is 5.75 Å². The molecule has 0 spiro atoms. The Labute approximate surface area is 132 Å². The molecule has 0 saturated carbocycles. The van der Waals surface area contributed by atoms with Gasteiger partial charge in [-0.05, 0) is 51.1 Å². The summed E-state index contributed by atoms with van der Waals surface area (Å²) in [4.78, 5) is 23.8. The van der Waals surface area contributed by atoms with E-state index in [1.54, 1.807) is 19.9 Å². The second-order valence-electron chi connectivity index (χ2n) is 4.98. The molecule has 0 aliphatic rings. The summed E-state index contributed by atoms with van der Waals surface area (Å²) >= 11 is 0. The van der Waals surface area contributed by atoms with Crippen molar-refractivity contribution in [1.82, 2.24) is 10.9 Å². The van der Waals surface area contributed by atoms with Crippen LogP contribution < -0.4 is 15.6 Å². The van der Waals surface area contributed by atoms with Crippen molar-refractivity contribution in [2.75, 3.05) is 0 Å². The molecule has 0 fully saturated rings. The average molecular weight is 320 g/mol. The predicted octanol–water partition coefficient (Wildman–Crippen LogP) is 2.26. The van der Waals surface area contributed by atoms with Gasteiger partial charge >= 0.3 is 0 Å². The van der Waals surface area contributed by atoms with E-state index in [1.165, 1.54) is 31.2 Å². The van der Waals surface area contributed by atoms with Gasteiger partial charge in [0, 0.05) is 0 Å². The molecular formula is C16H17FN2O4. The van der Waals surface area contributed by atoms with E-state index in [4.69, 9.17) is 9.15 Å². The van der Waals surface area contributed by atoms with Crippen LogP contribution in [-0.2, 0) is 4.79 Å². The minimum atomic E-state index is -0.868. The molecule has 0 saturated heterocycles. The van der Waals surface area contributed by atoms with Crippen molar-refractivity contribution in [3.05, 3.63) is 53.2 Å². The molecular weight excluding hydrogens is 303 g/mol. The molecule has 1 heterocycles. The van der Waals surface area contributed by atoms with E-state index >= 15 is 0 Å². The molecule has 0 aliphatic heterocycles. The number of carbonyl (C=O) groups excluding carboxylic acids is 2. The monoisotopic (exact) mass is 320 g/mol. The first-order chi connectivity index (χ1) is 10.9. The lowest BCUT2D eigenvalue weighted by atomic mass is 10.2. The lowest BCUT2D eigenvalue weighted by Crippen LogP contribution is -2.47. The Morgan fingerprint density at radius 3 is 2.39 bits per heavy atom. The van der Waals surface area contributed by atoms with Gasteiger partial charge < -0.3 is 9.15 Å². The molecule has 1 aromatic carbocycles. The van der Waals surface area contributed by atoms with E-state index in [0.29, 0.717) is 22.8 Å². The molecule has 0 aliphatic carbocycles. The van der Waals surface area contributed by atoms with Crippen LogP contribution in [0.15, 0.2) is 34.7 Å². The van der Waals surface area contributed by atoms with E-state index in [-0.39, 0.29) is 0 Å². The average Bonchev–Trinajstić information content (AvgIpc) is 2.85. The fourth-order valence-electron chi connectivity index (χ4n) is 1.91. The minimum absolute atomic E-state index is 0.343. The Morgan fingerprint density at radius 1 is 1.17 bits per heavy atom. The first-order valence-corrected chi connectivity index (χ1v) is 6.96. The van der Waals surface area contributed by atoms with Crippen molar-refractivity contribution in [2.45, 2.75) is 26.9 Å². The zero-order valence-corrected chi connectivity index (χ0v) is 13.0. The maximum absolute atomic E-state index is 12.8. The van der Waals surface area contributed by atoms with E-state index in [9.17, 15) is 14.0 Å². The van der Waals surface area contributed by atoms with Crippen molar-refractivity contribution < 1.29 is 23.1 Å². The van der Waals surface area contributed by atoms with Gasteiger partial charge in [0.1, 0.15) is 23.1 Å². The van der Waals surface area contributed by atoms with Gasteiger partial charge in [0.05, 0.1) is 5.56 Å². The van der Waals surface area contributed by atoms with Gasteiger partial charge in [-0.2, -0.15) is 0 Å². The topological polar surface area (TPSA) is 80.6 Å². The number of ether oxygens (including phenoxy) is 1. The van der Waals surface area contributed by atoms with Gasteiger partial charge in [-0.3, -0.25) is 20.4 Å². The minimum Gasteiger partial charge on any atom is -0.481 e. The summed E-state index contributed by atoms with van der Waals surface area (Å²) in [7, 11) is 0. The third-order valence-electron chi connectivity index (χ3n) is 3.08. The van der Waals surface area contributed by atoms with E-state index in [0.717, 1.165) is 0 Å². The van der Waals surface area contributed by atoms with Crippen LogP contribution in [0.1, 0.15) is 28.8 Å². The number of hydrazine groups is 1. The highest BCUT2D eigenvalue weighted by molar-refractivity contribution is 5.96. The summed E-state index contributed by atoms with van der Waals surface area (Å²) < 4.78 is 23.4. The lowest BCUT2D eigenvalue weighted by molar-refractivity contribution is -0.128. The number of benzene rings is 1. The summed E-state index contributed by atoms with van der Waals surface area (Å²) in [5.41, 5.74) is 4.90. The largest absolute Gasteiger partial charge is 0.481 e. The van der Waals surface area contributed by atoms with Crippen LogP contribution in [-0.4, -0.2) is 17.9 Å². The third kappa shape index (κ3) is 4.32. The zero-order valence-electron chi connectivity index (χ0n) is 13.0. The maximum atomic E-state index is 12.8. The van der Waals surface area contributed by atoms with Crippen molar-refractivity contribution in [1.29, 1.82) is 0 Å². The molecule has 1 aromatic heterocycles. The van der Waals surface area contributed by atoms with Crippen molar-refractivity contribution in [3.63, 3.8) is 0 Å². The van der Waals surface area contributed by atoms with Gasteiger partial charge in [-0.1, -0.05) is 0 Å². The van der Waals surface area contributed by atoms with Crippen molar-refractivity contribution >= 4 is 11.8 Å². The molecule has 1 unspecified atom stereocenters. The van der Waals surface area contributed by atoms with E-state index in [2.05, 4.69) is 10.9 Å². The zero-order chi connectivity index (χ0) is 17.0. The molecule has 7 heteroatoms. The van der Waals surface area contributed by atoms with Crippen LogP contribution in [0.25, 0.3) is 0 Å². The molecule has 23 heavy (non-hydrogen) atoms. The smallest absolute Gasteiger partial charge is 0.279 e. The number of nitrogens with one attached hydrogen (secondary N) is 2. The first-order valence-electron chi connectivity index (χ1n) is 6.96. The van der Waals surface area contributed by atoms with Crippen LogP contribution in [0.3, 0.4) is 0 Å². The SMILES string of the molecule is Cc1cc(C(=O)NNC(=O)C(C)Oc2ccc(F)cc2)c(C)o1. The number of hydrogen-bond acceptors (Lipinski definition) is 4. The second-order valence-corrected chi connectivity index (χ2v) is 4.98. The highest BCUT2D eigenvalue weighted by Gasteiger charge is 2.18. The highest BCUT2D eigenvalue weighted by atomic mass is 19.1. The first kappa shape index (κ1) is 16.5. The standard InChI is InChI=1S/C16H17FN2O4/c1-9-8-14(10(2)22-9)16(21)19-18-15(20)11(3)23-13-6-4-12(17)5-7-13/h4-8,11H,1-3H3,(H,18,20)(H,19,21). The summed E-state index contributed by atoms with van der Waals surface area (Å²) in [6, 6.07) is 6.86. The number of hydrogen-bond donors (Lipinski definition) is 2. The molecule has 2 rings (SSSR count). The van der Waals surface area contributed by atoms with Gasteiger partial charge in [-0.15, -0.1) is 0 Å². The highest BCUT2D eigenvalue weighted by Crippen LogP contribution is 2.14. The number of halogens is 1. The molecule has 0 radical (unpaired) electrons. The molecule has 2 amide bonds. The van der Waals surface area contributed by atoms with Gasteiger partial charge in [-0.25, -0.2) is 4.39 Å². The van der Waals surface area contributed by atoms with E-state index in [1.807, 2.05) is 0 Å². The van der Waals surface area contributed by atoms with Crippen LogP contribution >= 0.6 is 0 Å². The number of furan rings is 1. The molecule has 6 nitrogen and oxygen atoms in total. The fraction of sp³-hybridized carbons (Fsp3) is 0.250. The van der Waals surface area contributed by atoms with Crippen molar-refractivity contribution in [2.24, 2.45) is 0 Å². The van der Waals surface area contributed by atoms with Crippen LogP contribution in [0, 0.1) is 19.7 Å². The fourth-order valence-corrected chi connectivity index (χ4v) is 1.91. The lowest BCUT2D eigenvalue weighted by Gasteiger charge is -2.15. The molecule has 1 atom stereocenters. The Hall–Kier alpha value is -2.83. The molecule has 2 aromatic rings. The Balaban J connectivity index is 1.87. The van der Waals surface area contributed by atoms with Gasteiger partial charge in [0.25, 0.3) is 11.8 Å². The Morgan fingerprint density at radius 2 is 1.83 bits per heavy atom. The maximum Gasteiger partial charge on any atom is 0.279 e. The summed E-state index contributed by atoms with van der Waals surface area (Å²) in [6.07, 6.45) is -0.868. The molecule has 2 N–H and O–H groups in total. The second kappa shape index (κ2) is 6.95. The molecule has 0 bridgehead atoms. The Bertz CT molecular complexity index is 709. The van der Waals surface area contributed by atoms with Crippen molar-refractivity contribution in [3.8, 4) is 5.75 Å². The number of aryl methyl sites for hydroxylation is 2.